The number of rotatable bonds is 3. The average molecular weight is 267 g/mol. The maximum Gasteiger partial charge on any atom is 0.224 e. The molecule has 1 saturated carbocycles. The van der Waals surface area contributed by atoms with Gasteiger partial charge in [-0.3, -0.25) is 4.79 Å². The van der Waals surface area contributed by atoms with E-state index in [2.05, 4.69) is 5.32 Å². The number of amides is 1. The van der Waals surface area contributed by atoms with Crippen molar-refractivity contribution >= 4 is 23.2 Å². The van der Waals surface area contributed by atoms with Gasteiger partial charge >= 0.3 is 0 Å². The van der Waals surface area contributed by atoms with Gasteiger partial charge in [0.05, 0.1) is 10.7 Å². The van der Waals surface area contributed by atoms with Crippen LogP contribution in [0.25, 0.3) is 0 Å². The van der Waals surface area contributed by atoms with Crippen molar-refractivity contribution in [2.45, 2.75) is 38.6 Å². The molecule has 0 saturated heterocycles. The molecular formula is C14H19ClN2O. The van der Waals surface area contributed by atoms with Crippen LogP contribution in [0.1, 0.15) is 31.2 Å². The second-order valence-corrected chi connectivity index (χ2v) is 5.50. The number of nitrogens with one attached hydrogen (secondary N) is 1. The Morgan fingerprint density at radius 1 is 1.50 bits per heavy atom. The van der Waals surface area contributed by atoms with Gasteiger partial charge in [-0.05, 0) is 43.4 Å². The number of benzene rings is 1. The van der Waals surface area contributed by atoms with Gasteiger partial charge < -0.3 is 11.1 Å². The van der Waals surface area contributed by atoms with Crippen molar-refractivity contribution in [1.82, 2.24) is 0 Å². The summed E-state index contributed by atoms with van der Waals surface area (Å²) in [6.07, 6.45) is 3.70. The van der Waals surface area contributed by atoms with Crippen LogP contribution < -0.4 is 11.1 Å². The molecule has 4 heteroatoms. The number of halogens is 1. The SMILES string of the molecule is Cc1ccc(NC(=O)C[C@@H]2CCC[C@H]2N)c(Cl)c1. The van der Waals surface area contributed by atoms with Gasteiger partial charge in [0.25, 0.3) is 0 Å². The quantitative estimate of drug-likeness (QED) is 0.883. The molecule has 0 radical (unpaired) electrons. The summed E-state index contributed by atoms with van der Waals surface area (Å²) in [4.78, 5) is 11.9. The standard InChI is InChI=1S/C14H19ClN2O/c1-9-5-6-13(11(15)7-9)17-14(18)8-10-3-2-4-12(10)16/h5-7,10,12H,2-4,8,16H2,1H3,(H,17,18)/t10-,12+/m0/s1. The normalized spacial score (nSPS) is 23.1. The summed E-state index contributed by atoms with van der Waals surface area (Å²) < 4.78 is 0. The van der Waals surface area contributed by atoms with Crippen LogP contribution in [0.15, 0.2) is 18.2 Å². The zero-order valence-corrected chi connectivity index (χ0v) is 11.3. The fraction of sp³-hybridized carbons (Fsp3) is 0.500. The first-order valence-corrected chi connectivity index (χ1v) is 6.75. The zero-order valence-electron chi connectivity index (χ0n) is 10.6. The Kier molecular flexibility index (Phi) is 4.25. The summed E-state index contributed by atoms with van der Waals surface area (Å²) >= 11 is 6.08. The van der Waals surface area contributed by atoms with Gasteiger partial charge in [0.1, 0.15) is 0 Å². The number of hydrogen-bond acceptors (Lipinski definition) is 2. The van der Waals surface area contributed by atoms with Crippen LogP contribution >= 0.6 is 11.6 Å². The predicted molar refractivity (Wildman–Crippen MR) is 74.8 cm³/mol. The molecule has 1 aromatic rings. The van der Waals surface area contributed by atoms with Gasteiger partial charge in [-0.25, -0.2) is 0 Å². The number of aryl methyl sites for hydroxylation is 1. The fourth-order valence-corrected chi connectivity index (χ4v) is 2.76. The van der Waals surface area contributed by atoms with Crippen LogP contribution in [0.2, 0.25) is 5.02 Å². The Morgan fingerprint density at radius 3 is 2.89 bits per heavy atom. The van der Waals surface area contributed by atoms with Crippen molar-refractivity contribution in [2.75, 3.05) is 5.32 Å². The molecule has 1 aliphatic rings. The summed E-state index contributed by atoms with van der Waals surface area (Å²) in [5, 5.41) is 3.44. The Hall–Kier alpha value is -1.06. The van der Waals surface area contributed by atoms with Crippen molar-refractivity contribution in [1.29, 1.82) is 0 Å². The second kappa shape index (κ2) is 5.72. The van der Waals surface area contributed by atoms with Gasteiger partial charge in [0.2, 0.25) is 5.91 Å². The molecule has 0 heterocycles. The van der Waals surface area contributed by atoms with Gasteiger partial charge in [-0.2, -0.15) is 0 Å². The Bertz CT molecular complexity index is 447. The minimum Gasteiger partial charge on any atom is -0.327 e. The Labute approximate surface area is 113 Å². The lowest BCUT2D eigenvalue weighted by Gasteiger charge is -2.15. The molecule has 3 N–H and O–H groups in total. The van der Waals surface area contributed by atoms with Crippen LogP contribution in [0.3, 0.4) is 0 Å². The van der Waals surface area contributed by atoms with E-state index in [1.807, 2.05) is 25.1 Å². The van der Waals surface area contributed by atoms with E-state index in [9.17, 15) is 4.79 Å². The molecule has 1 aliphatic carbocycles. The Morgan fingerprint density at radius 2 is 2.28 bits per heavy atom. The third kappa shape index (κ3) is 3.24. The number of hydrogen-bond donors (Lipinski definition) is 2. The lowest BCUT2D eigenvalue weighted by molar-refractivity contribution is -0.117. The first-order chi connectivity index (χ1) is 8.56. The topological polar surface area (TPSA) is 55.1 Å². The highest BCUT2D eigenvalue weighted by Crippen LogP contribution is 2.28. The monoisotopic (exact) mass is 266 g/mol. The summed E-state index contributed by atoms with van der Waals surface area (Å²) in [5.74, 6) is 0.317. The minimum absolute atomic E-state index is 0.00287. The van der Waals surface area contributed by atoms with Crippen molar-refractivity contribution in [3.63, 3.8) is 0 Å². The van der Waals surface area contributed by atoms with E-state index < -0.39 is 0 Å². The largest absolute Gasteiger partial charge is 0.327 e. The van der Waals surface area contributed by atoms with E-state index in [0.29, 0.717) is 23.0 Å². The third-order valence-electron chi connectivity index (χ3n) is 3.56. The predicted octanol–water partition coefficient (Wildman–Crippen LogP) is 3.10. The zero-order chi connectivity index (χ0) is 13.1. The van der Waals surface area contributed by atoms with Crippen molar-refractivity contribution < 1.29 is 4.79 Å². The number of carbonyl (C=O) groups excluding carboxylic acids is 1. The van der Waals surface area contributed by atoms with Gasteiger partial charge in [-0.15, -0.1) is 0 Å². The molecular weight excluding hydrogens is 248 g/mol. The van der Waals surface area contributed by atoms with Crippen LogP contribution in [-0.4, -0.2) is 11.9 Å². The highest BCUT2D eigenvalue weighted by atomic mass is 35.5. The molecule has 2 rings (SSSR count). The second-order valence-electron chi connectivity index (χ2n) is 5.09. The number of carbonyl (C=O) groups is 1. The van der Waals surface area contributed by atoms with Crippen molar-refractivity contribution in [3.05, 3.63) is 28.8 Å². The molecule has 0 unspecified atom stereocenters. The Balaban J connectivity index is 1.94. The molecule has 98 valence electrons. The molecule has 2 atom stereocenters. The third-order valence-corrected chi connectivity index (χ3v) is 3.88. The molecule has 0 aromatic heterocycles. The van der Waals surface area contributed by atoms with E-state index in [1.165, 1.54) is 0 Å². The van der Waals surface area contributed by atoms with Gasteiger partial charge in [0.15, 0.2) is 0 Å². The maximum atomic E-state index is 11.9. The molecule has 0 spiro atoms. The molecule has 0 bridgehead atoms. The summed E-state index contributed by atoms with van der Waals surface area (Å²) in [7, 11) is 0. The molecule has 1 amide bonds. The first kappa shape index (κ1) is 13.4. The van der Waals surface area contributed by atoms with Crippen molar-refractivity contribution in [2.24, 2.45) is 11.7 Å². The van der Waals surface area contributed by atoms with E-state index in [-0.39, 0.29) is 11.9 Å². The van der Waals surface area contributed by atoms with Crippen molar-refractivity contribution in [3.8, 4) is 0 Å². The van der Waals surface area contributed by atoms with Gasteiger partial charge in [-0.1, -0.05) is 24.1 Å². The van der Waals surface area contributed by atoms with Crippen LogP contribution in [0, 0.1) is 12.8 Å². The van der Waals surface area contributed by atoms with E-state index >= 15 is 0 Å². The smallest absolute Gasteiger partial charge is 0.224 e. The highest BCUT2D eigenvalue weighted by molar-refractivity contribution is 6.33. The van der Waals surface area contributed by atoms with Crippen LogP contribution in [0.5, 0.6) is 0 Å². The molecule has 1 fully saturated rings. The van der Waals surface area contributed by atoms with Crippen LogP contribution in [0.4, 0.5) is 5.69 Å². The lowest BCUT2D eigenvalue weighted by Crippen LogP contribution is -2.28. The first-order valence-electron chi connectivity index (χ1n) is 6.38. The summed E-state index contributed by atoms with van der Waals surface area (Å²) in [6.45, 7) is 1.97. The number of anilines is 1. The molecule has 0 aliphatic heterocycles. The summed E-state index contributed by atoms with van der Waals surface area (Å²) in [6, 6.07) is 5.79. The van der Waals surface area contributed by atoms with E-state index in [0.717, 1.165) is 24.8 Å². The van der Waals surface area contributed by atoms with Crippen LogP contribution in [-0.2, 0) is 4.79 Å². The minimum atomic E-state index is 0.00287. The van der Waals surface area contributed by atoms with E-state index in [1.54, 1.807) is 0 Å². The molecule has 3 nitrogen and oxygen atoms in total. The maximum absolute atomic E-state index is 11.9. The number of nitrogens with two attached hydrogens (primary N) is 1. The fourth-order valence-electron chi connectivity index (χ4n) is 2.48. The average Bonchev–Trinajstić information content (AvgIpc) is 2.69. The van der Waals surface area contributed by atoms with E-state index in [4.69, 9.17) is 17.3 Å². The lowest BCUT2D eigenvalue weighted by atomic mass is 10.00. The summed E-state index contributed by atoms with van der Waals surface area (Å²) in [5.41, 5.74) is 7.72. The highest BCUT2D eigenvalue weighted by Gasteiger charge is 2.26. The molecule has 1 aromatic carbocycles. The van der Waals surface area contributed by atoms with Gasteiger partial charge in [0, 0.05) is 12.5 Å². The molecule has 18 heavy (non-hydrogen) atoms.